The van der Waals surface area contributed by atoms with Gasteiger partial charge in [0.1, 0.15) is 12.4 Å². The number of anilines is 2. The molecule has 1 saturated heterocycles. The minimum atomic E-state index is -0.389. The van der Waals surface area contributed by atoms with Crippen molar-refractivity contribution in [2.24, 2.45) is 0 Å². The second-order valence-electron chi connectivity index (χ2n) is 5.24. The van der Waals surface area contributed by atoms with Gasteiger partial charge in [0.05, 0.1) is 0 Å². The highest BCUT2D eigenvalue weighted by atomic mass is 19.1. The van der Waals surface area contributed by atoms with Crippen LogP contribution in [0.3, 0.4) is 0 Å². The summed E-state index contributed by atoms with van der Waals surface area (Å²) in [6, 6.07) is 14.6. The van der Waals surface area contributed by atoms with Crippen molar-refractivity contribution in [1.82, 2.24) is 4.90 Å². The fourth-order valence-corrected chi connectivity index (χ4v) is 2.49. The van der Waals surface area contributed by atoms with Crippen LogP contribution in [-0.4, -0.2) is 36.5 Å². The van der Waals surface area contributed by atoms with E-state index in [1.807, 2.05) is 18.2 Å². The van der Waals surface area contributed by atoms with Crippen LogP contribution in [0, 0.1) is 5.82 Å². The predicted octanol–water partition coefficient (Wildman–Crippen LogP) is 2.71. The van der Waals surface area contributed by atoms with E-state index in [-0.39, 0.29) is 24.3 Å². The van der Waals surface area contributed by atoms with E-state index in [0.29, 0.717) is 24.5 Å². The summed E-state index contributed by atoms with van der Waals surface area (Å²) in [5.74, 6) is -0.621. The van der Waals surface area contributed by atoms with Crippen LogP contribution < -0.4 is 10.2 Å². The first kappa shape index (κ1) is 15.0. The Labute approximate surface area is 133 Å². The number of rotatable bonds is 2. The van der Waals surface area contributed by atoms with E-state index >= 15 is 0 Å². The Morgan fingerprint density at radius 2 is 1.83 bits per heavy atom. The van der Waals surface area contributed by atoms with E-state index in [9.17, 15) is 14.0 Å². The van der Waals surface area contributed by atoms with E-state index in [1.54, 1.807) is 24.3 Å². The Hall–Kier alpha value is -2.89. The van der Waals surface area contributed by atoms with E-state index in [1.165, 1.54) is 21.9 Å². The molecule has 1 fully saturated rings. The maximum absolute atomic E-state index is 13.3. The van der Waals surface area contributed by atoms with Gasteiger partial charge in [0.25, 0.3) is 0 Å². The number of carbonyl (C=O) groups excluding carboxylic acids is 2. The van der Waals surface area contributed by atoms with Crippen LogP contribution in [0.15, 0.2) is 54.6 Å². The quantitative estimate of drug-likeness (QED) is 0.927. The SMILES string of the molecule is O=C(Nc1ccccc1)N1CCN(c2cccc(F)c2)C(=O)C1. The standard InChI is InChI=1S/C17H16FN3O2/c18-13-5-4-8-15(11-13)21-10-9-20(12-16(21)22)17(23)19-14-6-2-1-3-7-14/h1-8,11H,9-10,12H2,(H,19,23). The molecule has 1 aliphatic heterocycles. The van der Waals surface area contributed by atoms with Gasteiger partial charge in [-0.2, -0.15) is 0 Å². The van der Waals surface area contributed by atoms with Crippen LogP contribution in [0.5, 0.6) is 0 Å². The van der Waals surface area contributed by atoms with Crippen molar-refractivity contribution in [3.63, 3.8) is 0 Å². The number of hydrogen-bond donors (Lipinski definition) is 1. The number of nitrogens with zero attached hydrogens (tertiary/aromatic N) is 2. The Morgan fingerprint density at radius 1 is 1.04 bits per heavy atom. The van der Waals surface area contributed by atoms with Gasteiger partial charge in [0.15, 0.2) is 0 Å². The summed E-state index contributed by atoms with van der Waals surface area (Å²) < 4.78 is 13.3. The van der Waals surface area contributed by atoms with E-state index in [4.69, 9.17) is 0 Å². The fraction of sp³-hybridized carbons (Fsp3) is 0.176. The van der Waals surface area contributed by atoms with Gasteiger partial charge >= 0.3 is 6.03 Å². The minimum Gasteiger partial charge on any atom is -0.313 e. The summed E-state index contributed by atoms with van der Waals surface area (Å²) in [5.41, 5.74) is 1.19. The average Bonchev–Trinajstić information content (AvgIpc) is 2.55. The van der Waals surface area contributed by atoms with Crippen LogP contribution in [0.2, 0.25) is 0 Å². The highest BCUT2D eigenvalue weighted by Gasteiger charge is 2.28. The van der Waals surface area contributed by atoms with Crippen LogP contribution in [0.25, 0.3) is 0 Å². The fourth-order valence-electron chi connectivity index (χ4n) is 2.49. The summed E-state index contributed by atoms with van der Waals surface area (Å²) in [4.78, 5) is 27.4. The maximum atomic E-state index is 13.3. The molecule has 0 aliphatic carbocycles. The maximum Gasteiger partial charge on any atom is 0.322 e. The lowest BCUT2D eigenvalue weighted by molar-refractivity contribution is -0.120. The molecule has 0 atom stereocenters. The smallest absolute Gasteiger partial charge is 0.313 e. The van der Waals surface area contributed by atoms with Gasteiger partial charge in [-0.1, -0.05) is 24.3 Å². The van der Waals surface area contributed by atoms with Crippen LogP contribution in [0.4, 0.5) is 20.6 Å². The Bertz CT molecular complexity index is 721. The Balaban J connectivity index is 1.64. The van der Waals surface area contributed by atoms with E-state index in [0.717, 1.165) is 0 Å². The average molecular weight is 313 g/mol. The predicted molar refractivity (Wildman–Crippen MR) is 85.8 cm³/mol. The molecule has 2 aromatic rings. The van der Waals surface area contributed by atoms with Crippen LogP contribution >= 0.6 is 0 Å². The van der Waals surface area contributed by atoms with E-state index in [2.05, 4.69) is 5.32 Å². The number of nitrogens with one attached hydrogen (secondary N) is 1. The number of urea groups is 1. The molecule has 1 aliphatic rings. The molecule has 0 radical (unpaired) electrons. The minimum absolute atomic E-state index is 0.0326. The molecule has 5 nitrogen and oxygen atoms in total. The van der Waals surface area contributed by atoms with Gasteiger partial charge in [-0.25, -0.2) is 9.18 Å². The van der Waals surface area contributed by atoms with Gasteiger partial charge in [-0.05, 0) is 30.3 Å². The van der Waals surface area contributed by atoms with Gasteiger partial charge in [0.2, 0.25) is 5.91 Å². The van der Waals surface area contributed by atoms with Crippen LogP contribution in [0.1, 0.15) is 0 Å². The number of carbonyl (C=O) groups is 2. The van der Waals surface area contributed by atoms with Crippen molar-refractivity contribution >= 4 is 23.3 Å². The van der Waals surface area contributed by atoms with Crippen molar-refractivity contribution in [3.05, 3.63) is 60.4 Å². The summed E-state index contributed by atoms with van der Waals surface area (Å²) in [7, 11) is 0. The highest BCUT2D eigenvalue weighted by molar-refractivity contribution is 5.99. The lowest BCUT2D eigenvalue weighted by Gasteiger charge is -2.34. The molecular weight excluding hydrogens is 297 g/mol. The molecule has 23 heavy (non-hydrogen) atoms. The molecule has 6 heteroatoms. The largest absolute Gasteiger partial charge is 0.322 e. The molecule has 3 rings (SSSR count). The third kappa shape index (κ3) is 3.48. The van der Waals surface area contributed by atoms with Crippen molar-refractivity contribution < 1.29 is 14.0 Å². The number of para-hydroxylation sites is 1. The van der Waals surface area contributed by atoms with Crippen molar-refractivity contribution in [3.8, 4) is 0 Å². The summed E-state index contributed by atoms with van der Waals surface area (Å²) in [6.07, 6.45) is 0. The second-order valence-corrected chi connectivity index (χ2v) is 5.24. The lowest BCUT2D eigenvalue weighted by atomic mass is 10.2. The third-order valence-electron chi connectivity index (χ3n) is 3.65. The molecule has 2 aromatic carbocycles. The first-order chi connectivity index (χ1) is 11.1. The lowest BCUT2D eigenvalue weighted by Crippen LogP contribution is -2.53. The van der Waals surface area contributed by atoms with E-state index < -0.39 is 0 Å². The van der Waals surface area contributed by atoms with Gasteiger partial charge in [-0.3, -0.25) is 4.79 Å². The number of hydrogen-bond acceptors (Lipinski definition) is 2. The molecular formula is C17H16FN3O2. The summed E-state index contributed by atoms with van der Waals surface area (Å²) >= 11 is 0. The van der Waals surface area contributed by atoms with Gasteiger partial charge in [0, 0.05) is 24.5 Å². The zero-order valence-electron chi connectivity index (χ0n) is 12.4. The first-order valence-corrected chi connectivity index (χ1v) is 7.30. The molecule has 1 heterocycles. The van der Waals surface area contributed by atoms with Gasteiger partial charge < -0.3 is 15.1 Å². The van der Waals surface area contributed by atoms with Crippen LogP contribution in [-0.2, 0) is 4.79 Å². The van der Waals surface area contributed by atoms with Crippen molar-refractivity contribution in [1.29, 1.82) is 0 Å². The molecule has 118 valence electrons. The molecule has 0 unspecified atom stereocenters. The molecule has 0 spiro atoms. The number of benzene rings is 2. The molecule has 0 aromatic heterocycles. The Morgan fingerprint density at radius 3 is 2.52 bits per heavy atom. The molecule has 3 amide bonds. The molecule has 0 bridgehead atoms. The topological polar surface area (TPSA) is 52.7 Å². The number of halogens is 1. The normalized spacial score (nSPS) is 14.7. The highest BCUT2D eigenvalue weighted by Crippen LogP contribution is 2.19. The van der Waals surface area contributed by atoms with Gasteiger partial charge in [-0.15, -0.1) is 0 Å². The summed E-state index contributed by atoms with van der Waals surface area (Å²) in [6.45, 7) is 0.695. The monoisotopic (exact) mass is 313 g/mol. The zero-order chi connectivity index (χ0) is 16.2. The zero-order valence-corrected chi connectivity index (χ0v) is 12.4. The first-order valence-electron chi connectivity index (χ1n) is 7.30. The second kappa shape index (κ2) is 6.48. The summed E-state index contributed by atoms with van der Waals surface area (Å²) in [5, 5.41) is 2.75. The number of piperazine rings is 1. The molecule has 1 N–H and O–H groups in total. The van der Waals surface area contributed by atoms with Crippen molar-refractivity contribution in [2.75, 3.05) is 29.9 Å². The third-order valence-corrected chi connectivity index (χ3v) is 3.65. The Kier molecular flexibility index (Phi) is 4.23. The molecule has 0 saturated carbocycles. The van der Waals surface area contributed by atoms with Crippen molar-refractivity contribution in [2.45, 2.75) is 0 Å². The number of amides is 3.